The van der Waals surface area contributed by atoms with Gasteiger partial charge >= 0.3 is 6.09 Å². The van der Waals surface area contributed by atoms with Crippen LogP contribution in [0, 0.1) is 18.6 Å². The molecule has 0 spiro atoms. The molecule has 1 atom stereocenters. The average molecular weight is 483 g/mol. The van der Waals surface area contributed by atoms with Crippen LogP contribution in [0.2, 0.25) is 0 Å². The molecule has 1 aliphatic heterocycles. The van der Waals surface area contributed by atoms with Crippen LogP contribution in [-0.2, 0) is 11.2 Å². The number of pyridine rings is 1. The number of amides is 1. The molecule has 182 valence electrons. The molecule has 4 aromatic rings. The van der Waals surface area contributed by atoms with Crippen LogP contribution in [0.25, 0.3) is 22.6 Å². The number of aromatic nitrogens is 4. The van der Waals surface area contributed by atoms with Crippen LogP contribution in [-0.4, -0.2) is 68.2 Å². The second-order valence-electron chi connectivity index (χ2n) is 8.37. The highest BCUT2D eigenvalue weighted by molar-refractivity contribution is 5.69. The van der Waals surface area contributed by atoms with Crippen molar-refractivity contribution in [1.29, 1.82) is 0 Å². The Balaban J connectivity index is 1.59. The number of methoxy groups -OCH3 is 1. The zero-order chi connectivity index (χ0) is 24.7. The van der Waals surface area contributed by atoms with Gasteiger partial charge in [-0.05, 0) is 24.6 Å². The van der Waals surface area contributed by atoms with Crippen LogP contribution >= 0.6 is 0 Å². The highest BCUT2D eigenvalue weighted by Crippen LogP contribution is 2.33. The maximum absolute atomic E-state index is 15.4. The molecule has 9 nitrogen and oxygen atoms in total. The van der Waals surface area contributed by atoms with E-state index in [-0.39, 0.29) is 43.1 Å². The molecule has 3 aromatic heterocycles. The Hall–Kier alpha value is -3.99. The number of carboxylic acid groups (broad SMARTS) is 1. The third-order valence-corrected chi connectivity index (χ3v) is 6.03. The molecule has 11 heteroatoms. The van der Waals surface area contributed by atoms with E-state index in [1.807, 2.05) is 19.1 Å². The fraction of sp³-hybridized carbons (Fsp3) is 0.292. The largest absolute Gasteiger partial charge is 0.493 e. The molecule has 5 rings (SSSR count). The normalized spacial score (nSPS) is 16.1. The molecule has 1 N–H and O–H groups in total. The summed E-state index contributed by atoms with van der Waals surface area (Å²) in [4.78, 5) is 17.3. The van der Waals surface area contributed by atoms with Crippen LogP contribution < -0.4 is 4.74 Å². The van der Waals surface area contributed by atoms with Crippen molar-refractivity contribution in [1.82, 2.24) is 24.1 Å². The average Bonchev–Trinajstić information content (AvgIpc) is 3.44. The number of nitrogens with zero attached hydrogens (tertiary/aromatic N) is 5. The van der Waals surface area contributed by atoms with Crippen LogP contribution in [0.5, 0.6) is 5.75 Å². The highest BCUT2D eigenvalue weighted by Gasteiger charge is 2.28. The van der Waals surface area contributed by atoms with Crippen molar-refractivity contribution in [3.05, 3.63) is 65.7 Å². The number of hydrogen-bond donors (Lipinski definition) is 1. The van der Waals surface area contributed by atoms with Crippen LogP contribution in [0.1, 0.15) is 11.3 Å². The summed E-state index contributed by atoms with van der Waals surface area (Å²) < 4.78 is 44.8. The van der Waals surface area contributed by atoms with Gasteiger partial charge in [0.25, 0.3) is 0 Å². The van der Waals surface area contributed by atoms with Gasteiger partial charge in [-0.1, -0.05) is 0 Å². The molecule has 1 fully saturated rings. The Morgan fingerprint density at radius 1 is 1.29 bits per heavy atom. The number of ether oxygens (including phenoxy) is 2. The Kier molecular flexibility index (Phi) is 5.85. The summed E-state index contributed by atoms with van der Waals surface area (Å²) in [5, 5.41) is 13.4. The van der Waals surface area contributed by atoms with Gasteiger partial charge in [0.1, 0.15) is 17.3 Å². The van der Waals surface area contributed by atoms with E-state index < -0.39 is 23.8 Å². The molecule has 1 saturated heterocycles. The molecule has 35 heavy (non-hydrogen) atoms. The second-order valence-corrected chi connectivity index (χ2v) is 8.37. The molecule has 0 unspecified atom stereocenters. The van der Waals surface area contributed by atoms with Crippen molar-refractivity contribution in [3.63, 3.8) is 0 Å². The first-order valence-electron chi connectivity index (χ1n) is 11.0. The standard InChI is InChI=1S/C24H23F2N5O4/c1-14-3-4-30-20(10-16-12-29(24(32)33)5-6-35-16)23(28-21(30)7-14)22-18(25)8-15(9-19(22)26)31-13-17(34-2)11-27-31/h3-4,7-9,11,13,16H,5-6,10,12H2,1-2H3,(H,32,33)/t16-/m0/s1. The van der Waals surface area contributed by atoms with Gasteiger partial charge in [0.05, 0.1) is 61.4 Å². The first-order valence-corrected chi connectivity index (χ1v) is 11.0. The van der Waals surface area contributed by atoms with E-state index in [0.29, 0.717) is 17.1 Å². The first kappa shape index (κ1) is 22.8. The molecule has 1 aliphatic rings. The lowest BCUT2D eigenvalue weighted by molar-refractivity contribution is -0.0214. The number of fused-ring (bicyclic) bond motifs is 1. The van der Waals surface area contributed by atoms with Crippen molar-refractivity contribution in [2.24, 2.45) is 0 Å². The molecular weight excluding hydrogens is 460 g/mol. The van der Waals surface area contributed by atoms with Crippen LogP contribution in [0.4, 0.5) is 13.6 Å². The number of benzene rings is 1. The topological polar surface area (TPSA) is 94.1 Å². The zero-order valence-corrected chi connectivity index (χ0v) is 19.1. The Morgan fingerprint density at radius 2 is 2.06 bits per heavy atom. The highest BCUT2D eigenvalue weighted by atomic mass is 19.1. The van der Waals surface area contributed by atoms with Crippen LogP contribution in [0.3, 0.4) is 0 Å². The predicted molar refractivity (Wildman–Crippen MR) is 122 cm³/mol. The van der Waals surface area contributed by atoms with Gasteiger partial charge < -0.3 is 23.9 Å². The van der Waals surface area contributed by atoms with Crippen molar-refractivity contribution >= 4 is 11.7 Å². The SMILES string of the molecule is COc1cnn(-c2cc(F)c(-c3nc4cc(C)ccn4c3C[C@H]3CN(C(=O)O)CCO3)c(F)c2)c1. The lowest BCUT2D eigenvalue weighted by Crippen LogP contribution is -2.45. The fourth-order valence-corrected chi connectivity index (χ4v) is 4.30. The third kappa shape index (κ3) is 4.30. The molecule has 0 radical (unpaired) electrons. The number of aryl methyl sites for hydroxylation is 1. The van der Waals surface area contributed by atoms with Crippen molar-refractivity contribution in [2.45, 2.75) is 19.4 Å². The quantitative estimate of drug-likeness (QED) is 0.465. The number of morpholine rings is 1. The van der Waals surface area contributed by atoms with Crippen molar-refractivity contribution < 1.29 is 28.2 Å². The van der Waals surface area contributed by atoms with E-state index in [1.54, 1.807) is 10.6 Å². The van der Waals surface area contributed by atoms with Gasteiger partial charge in [-0.15, -0.1) is 0 Å². The summed E-state index contributed by atoms with van der Waals surface area (Å²) in [6.07, 6.45) is 3.45. The van der Waals surface area contributed by atoms with Gasteiger partial charge in [-0.3, -0.25) is 0 Å². The van der Waals surface area contributed by atoms with E-state index >= 15 is 8.78 Å². The monoisotopic (exact) mass is 483 g/mol. The summed E-state index contributed by atoms with van der Waals surface area (Å²) in [6.45, 7) is 2.57. The number of rotatable bonds is 5. The van der Waals surface area contributed by atoms with Crippen molar-refractivity contribution in [3.8, 4) is 22.7 Å². The maximum atomic E-state index is 15.4. The minimum atomic E-state index is -1.03. The summed E-state index contributed by atoms with van der Waals surface area (Å²) >= 11 is 0. The van der Waals surface area contributed by atoms with Gasteiger partial charge in [0, 0.05) is 31.3 Å². The summed E-state index contributed by atoms with van der Waals surface area (Å²) in [5.74, 6) is -1.14. The fourth-order valence-electron chi connectivity index (χ4n) is 4.30. The Morgan fingerprint density at radius 3 is 2.74 bits per heavy atom. The maximum Gasteiger partial charge on any atom is 0.407 e. The Bertz CT molecular complexity index is 1390. The second kappa shape index (κ2) is 8.99. The van der Waals surface area contributed by atoms with E-state index in [0.717, 1.165) is 5.56 Å². The van der Waals surface area contributed by atoms with Crippen LogP contribution in [0.15, 0.2) is 42.9 Å². The van der Waals surface area contributed by atoms with Gasteiger partial charge in [0.15, 0.2) is 5.75 Å². The lowest BCUT2D eigenvalue weighted by Gasteiger charge is -2.31. The van der Waals surface area contributed by atoms with E-state index in [1.165, 1.54) is 41.2 Å². The van der Waals surface area contributed by atoms with E-state index in [2.05, 4.69) is 10.1 Å². The van der Waals surface area contributed by atoms with Gasteiger partial charge in [0.2, 0.25) is 0 Å². The Labute approximate surface area is 199 Å². The molecule has 0 saturated carbocycles. The number of imidazole rings is 1. The number of halogens is 2. The third-order valence-electron chi connectivity index (χ3n) is 6.03. The van der Waals surface area contributed by atoms with Crippen molar-refractivity contribution in [2.75, 3.05) is 26.8 Å². The van der Waals surface area contributed by atoms with Gasteiger partial charge in [-0.25, -0.2) is 23.2 Å². The molecular formula is C24H23F2N5O4. The molecule has 0 bridgehead atoms. The predicted octanol–water partition coefficient (Wildman–Crippen LogP) is 3.70. The lowest BCUT2D eigenvalue weighted by atomic mass is 10.0. The number of hydrogen-bond acceptors (Lipinski definition) is 5. The zero-order valence-electron chi connectivity index (χ0n) is 19.1. The smallest absolute Gasteiger partial charge is 0.407 e. The number of carbonyl (C=O) groups is 1. The van der Waals surface area contributed by atoms with E-state index in [9.17, 15) is 9.90 Å². The molecule has 1 aromatic carbocycles. The minimum Gasteiger partial charge on any atom is -0.493 e. The minimum absolute atomic E-state index is 0.145. The molecule has 0 aliphatic carbocycles. The molecule has 1 amide bonds. The van der Waals surface area contributed by atoms with E-state index in [4.69, 9.17) is 9.47 Å². The first-order chi connectivity index (χ1) is 16.8. The summed E-state index contributed by atoms with van der Waals surface area (Å²) in [5.41, 5.74) is 2.07. The summed E-state index contributed by atoms with van der Waals surface area (Å²) in [6, 6.07) is 6.06. The molecule has 4 heterocycles. The van der Waals surface area contributed by atoms with Gasteiger partial charge in [-0.2, -0.15) is 5.10 Å². The summed E-state index contributed by atoms with van der Waals surface area (Å²) in [7, 11) is 1.48.